The van der Waals surface area contributed by atoms with Crippen molar-refractivity contribution in [2.24, 2.45) is 11.8 Å². The molecule has 2 aromatic rings. The average Bonchev–Trinajstić information content (AvgIpc) is 2.92. The van der Waals surface area contributed by atoms with Gasteiger partial charge in [0.05, 0.1) is 6.04 Å². The van der Waals surface area contributed by atoms with Gasteiger partial charge in [-0.25, -0.2) is 4.39 Å². The molecule has 0 aliphatic carbocycles. The first-order valence-corrected chi connectivity index (χ1v) is 14.7. The van der Waals surface area contributed by atoms with Crippen molar-refractivity contribution in [3.63, 3.8) is 0 Å². The number of amides is 3. The Morgan fingerprint density at radius 1 is 0.952 bits per heavy atom. The molecule has 0 radical (unpaired) electrons. The van der Waals surface area contributed by atoms with Gasteiger partial charge in [0.1, 0.15) is 30.3 Å². The lowest BCUT2D eigenvalue weighted by Crippen LogP contribution is -2.60. The molecule has 0 saturated carbocycles. The summed E-state index contributed by atoms with van der Waals surface area (Å²) in [6.07, 6.45) is 0.892. The lowest BCUT2D eigenvalue weighted by atomic mass is 9.99. The number of hydrogen-bond donors (Lipinski definition) is 4. The highest BCUT2D eigenvalue weighted by Crippen LogP contribution is 2.22. The molecule has 5 atom stereocenters. The van der Waals surface area contributed by atoms with Gasteiger partial charge in [0.2, 0.25) is 17.7 Å². The van der Waals surface area contributed by atoms with Gasteiger partial charge in [-0.2, -0.15) is 0 Å². The number of nitrogens with zero attached hydrogens (tertiary/aromatic N) is 1. The summed E-state index contributed by atoms with van der Waals surface area (Å²) in [5.74, 6) is -0.915. The number of benzene rings is 2. The van der Waals surface area contributed by atoms with E-state index in [0.717, 1.165) is 11.3 Å². The lowest BCUT2D eigenvalue weighted by Gasteiger charge is -2.29. The highest BCUT2D eigenvalue weighted by atomic mass is 19.1. The Morgan fingerprint density at radius 2 is 1.69 bits per heavy atom. The van der Waals surface area contributed by atoms with Gasteiger partial charge in [-0.05, 0) is 75.0 Å². The first-order chi connectivity index (χ1) is 19.9. The van der Waals surface area contributed by atoms with Crippen LogP contribution in [0.15, 0.2) is 48.5 Å². The van der Waals surface area contributed by atoms with Gasteiger partial charge in [0, 0.05) is 19.1 Å². The van der Waals surface area contributed by atoms with E-state index in [-0.39, 0.29) is 42.6 Å². The summed E-state index contributed by atoms with van der Waals surface area (Å²) in [5.41, 5.74) is 1.66. The fraction of sp³-hybridized carbons (Fsp3) is 0.531. The Bertz CT molecular complexity index is 1210. The van der Waals surface area contributed by atoms with Crippen molar-refractivity contribution >= 4 is 17.7 Å². The van der Waals surface area contributed by atoms with Gasteiger partial charge in [-0.1, -0.05) is 51.1 Å². The zero-order valence-corrected chi connectivity index (χ0v) is 25.6. The molecule has 10 heteroatoms. The Balaban J connectivity index is 1.94. The molecule has 9 nitrogen and oxygen atoms in total. The number of ether oxygens (including phenoxy) is 1. The second-order valence-corrected chi connectivity index (χ2v) is 12.0. The molecule has 0 fully saturated rings. The maximum Gasteiger partial charge on any atom is 0.243 e. The number of nitrogens with one attached hydrogen (secondary N) is 4. The third-order valence-corrected chi connectivity index (χ3v) is 7.21. The minimum Gasteiger partial charge on any atom is -0.492 e. The fourth-order valence-electron chi connectivity index (χ4n) is 5.00. The van der Waals surface area contributed by atoms with E-state index >= 15 is 0 Å². The van der Waals surface area contributed by atoms with E-state index in [1.54, 1.807) is 12.1 Å². The van der Waals surface area contributed by atoms with Crippen LogP contribution in [0.2, 0.25) is 0 Å². The topological polar surface area (TPSA) is 112 Å². The van der Waals surface area contributed by atoms with E-state index in [9.17, 15) is 18.8 Å². The summed E-state index contributed by atoms with van der Waals surface area (Å²) >= 11 is 0. The Kier molecular flexibility index (Phi) is 12.3. The molecule has 0 unspecified atom stereocenters. The standard InChI is InChI=1S/C32H46FN5O4/c1-20(2)29-32(41)36-27(18-38(5)6)30(39)34-17-21(3)14-24-11-7-8-13-28(24)42-19-22(4)35-26(31(40)37-29)16-23-10-9-12-25(33)15-23/h7-13,15,20-22,26-27,29,35H,14,16-19H2,1-6H3,(H,34,39)(H,36,41)(H,37,40)/t21-,22-,26+,27-,29+/m0/s1. The van der Waals surface area contributed by atoms with Crippen LogP contribution in [0.3, 0.4) is 0 Å². The SMILES string of the molecule is CC(C)[C@H]1NC(=O)[C@@H](Cc2cccc(F)c2)N[C@@H](C)COc2ccccc2C[C@H](C)CNC(=O)[C@H](CN(C)C)NC1=O. The fourth-order valence-corrected chi connectivity index (χ4v) is 5.00. The Labute approximate surface area is 249 Å². The van der Waals surface area contributed by atoms with E-state index in [4.69, 9.17) is 4.74 Å². The summed E-state index contributed by atoms with van der Waals surface area (Å²) in [4.78, 5) is 42.2. The molecular weight excluding hydrogens is 537 g/mol. The molecule has 3 amide bonds. The lowest BCUT2D eigenvalue weighted by molar-refractivity contribution is -0.133. The van der Waals surface area contributed by atoms with Crippen LogP contribution in [0.25, 0.3) is 0 Å². The second-order valence-electron chi connectivity index (χ2n) is 12.0. The zero-order valence-electron chi connectivity index (χ0n) is 25.6. The van der Waals surface area contributed by atoms with Crippen LogP contribution in [0, 0.1) is 17.7 Å². The third kappa shape index (κ3) is 10.1. The number of rotatable bonds is 5. The Morgan fingerprint density at radius 3 is 2.38 bits per heavy atom. The molecule has 0 saturated heterocycles. The van der Waals surface area contributed by atoms with E-state index in [1.165, 1.54) is 12.1 Å². The molecule has 0 aromatic heterocycles. The second kappa shape index (κ2) is 15.7. The van der Waals surface area contributed by atoms with Gasteiger partial charge in [-0.15, -0.1) is 0 Å². The van der Waals surface area contributed by atoms with E-state index in [0.29, 0.717) is 25.1 Å². The molecule has 1 heterocycles. The maximum atomic E-state index is 14.0. The number of fused-ring (bicyclic) bond motifs is 1. The molecule has 1 aliphatic rings. The van der Waals surface area contributed by atoms with Gasteiger partial charge >= 0.3 is 0 Å². The van der Waals surface area contributed by atoms with Crippen LogP contribution in [0.1, 0.15) is 38.8 Å². The molecule has 0 bridgehead atoms. The first-order valence-electron chi connectivity index (χ1n) is 14.7. The number of para-hydroxylation sites is 1. The summed E-state index contributed by atoms with van der Waals surface area (Å²) in [6.45, 7) is 8.66. The summed E-state index contributed by atoms with van der Waals surface area (Å²) in [6, 6.07) is 11.2. The van der Waals surface area contributed by atoms with E-state index in [1.807, 2.05) is 64.0 Å². The van der Waals surface area contributed by atoms with Gasteiger partial charge < -0.3 is 25.6 Å². The predicted molar refractivity (Wildman–Crippen MR) is 162 cm³/mol. The molecule has 1 aliphatic heterocycles. The molecule has 230 valence electrons. The van der Waals surface area contributed by atoms with Gasteiger partial charge in [-0.3, -0.25) is 19.7 Å². The zero-order chi connectivity index (χ0) is 30.8. The Hall–Kier alpha value is -3.50. The number of likely N-dealkylation sites (N-methyl/N-ethyl adjacent to an activating group) is 1. The van der Waals surface area contributed by atoms with Gasteiger partial charge in [0.15, 0.2) is 0 Å². The minimum atomic E-state index is -0.886. The highest BCUT2D eigenvalue weighted by Gasteiger charge is 2.32. The number of halogens is 1. The smallest absolute Gasteiger partial charge is 0.243 e. The molecular formula is C32H46FN5O4. The molecule has 4 N–H and O–H groups in total. The summed E-state index contributed by atoms with van der Waals surface area (Å²) in [5, 5.41) is 12.1. The van der Waals surface area contributed by atoms with E-state index in [2.05, 4.69) is 28.2 Å². The summed E-state index contributed by atoms with van der Waals surface area (Å²) in [7, 11) is 3.66. The highest BCUT2D eigenvalue weighted by molar-refractivity contribution is 5.93. The average molecular weight is 584 g/mol. The number of hydrogen-bond acceptors (Lipinski definition) is 6. The van der Waals surface area contributed by atoms with Gasteiger partial charge in [0.25, 0.3) is 0 Å². The molecule has 0 spiro atoms. The van der Waals surface area contributed by atoms with Crippen molar-refractivity contribution in [1.29, 1.82) is 0 Å². The van der Waals surface area contributed by atoms with Crippen molar-refractivity contribution in [3.8, 4) is 5.75 Å². The quantitative estimate of drug-likeness (QED) is 0.430. The van der Waals surface area contributed by atoms with Crippen LogP contribution < -0.4 is 26.0 Å². The van der Waals surface area contributed by atoms with Crippen molar-refractivity contribution in [2.75, 3.05) is 33.8 Å². The van der Waals surface area contributed by atoms with Crippen LogP contribution in [-0.4, -0.2) is 80.6 Å². The molecule has 2 aromatic carbocycles. The van der Waals surface area contributed by atoms with Crippen molar-refractivity contribution in [2.45, 2.75) is 64.7 Å². The first kappa shape index (κ1) is 33.0. The predicted octanol–water partition coefficient (Wildman–Crippen LogP) is 2.29. The largest absolute Gasteiger partial charge is 0.492 e. The van der Waals surface area contributed by atoms with E-state index < -0.39 is 29.9 Å². The van der Waals surface area contributed by atoms with Crippen LogP contribution in [0.5, 0.6) is 5.75 Å². The number of carbonyl (C=O) groups excluding carboxylic acids is 3. The normalized spacial score (nSPS) is 25.0. The van der Waals surface area contributed by atoms with Crippen LogP contribution in [0.4, 0.5) is 4.39 Å². The number of carbonyl (C=O) groups is 3. The third-order valence-electron chi connectivity index (χ3n) is 7.21. The van der Waals surface area contributed by atoms with Crippen molar-refractivity contribution in [3.05, 3.63) is 65.5 Å². The maximum absolute atomic E-state index is 14.0. The monoisotopic (exact) mass is 583 g/mol. The van der Waals surface area contributed by atoms with Crippen LogP contribution >= 0.6 is 0 Å². The van der Waals surface area contributed by atoms with Crippen molar-refractivity contribution < 1.29 is 23.5 Å². The minimum absolute atomic E-state index is 0.113. The van der Waals surface area contributed by atoms with Crippen LogP contribution in [-0.2, 0) is 27.2 Å². The molecule has 3 rings (SSSR count). The van der Waals surface area contributed by atoms with Crippen molar-refractivity contribution in [1.82, 2.24) is 26.2 Å². The molecule has 42 heavy (non-hydrogen) atoms. The summed E-state index contributed by atoms with van der Waals surface area (Å²) < 4.78 is 20.2.